The van der Waals surface area contributed by atoms with E-state index in [2.05, 4.69) is 15.3 Å². The minimum Gasteiger partial charge on any atom is -0.366 e. The summed E-state index contributed by atoms with van der Waals surface area (Å²) >= 11 is 0. The topological polar surface area (TPSA) is 110 Å². The summed E-state index contributed by atoms with van der Waals surface area (Å²) in [5.74, 6) is 0.192. The minimum atomic E-state index is -0.375. The lowest BCUT2D eigenvalue weighted by Gasteiger charge is -2.31. The summed E-state index contributed by atoms with van der Waals surface area (Å²) in [4.78, 5) is 21.9. The third kappa shape index (κ3) is 4.09. The van der Waals surface area contributed by atoms with Crippen LogP contribution in [0, 0.1) is 15.9 Å². The molecule has 29 heavy (non-hydrogen) atoms. The van der Waals surface area contributed by atoms with Gasteiger partial charge >= 0.3 is 0 Å². The van der Waals surface area contributed by atoms with Crippen LogP contribution in [-0.2, 0) is 6.54 Å². The van der Waals surface area contributed by atoms with Crippen molar-refractivity contribution in [1.82, 2.24) is 9.97 Å². The van der Waals surface area contributed by atoms with Crippen LogP contribution in [0.1, 0.15) is 18.4 Å². The lowest BCUT2D eigenvalue weighted by atomic mass is 10.0. The smallest absolute Gasteiger partial charge is 0.293 e. The first-order valence-electron chi connectivity index (χ1n) is 9.43. The zero-order valence-corrected chi connectivity index (χ0v) is 15.7. The molecule has 0 amide bonds. The third-order valence-electron chi connectivity index (χ3n) is 5.18. The molecule has 1 fully saturated rings. The minimum absolute atomic E-state index is 0.0209. The van der Waals surface area contributed by atoms with Crippen molar-refractivity contribution in [3.05, 3.63) is 64.2 Å². The number of aromatic nitrogens is 2. The highest BCUT2D eigenvalue weighted by Gasteiger charge is 2.25. The van der Waals surface area contributed by atoms with Crippen molar-refractivity contribution in [1.29, 1.82) is 0 Å². The van der Waals surface area contributed by atoms with E-state index in [1.807, 2.05) is 4.90 Å². The fraction of sp³-hybridized carbons (Fsp3) is 0.300. The van der Waals surface area contributed by atoms with Gasteiger partial charge in [-0.05, 0) is 36.6 Å². The number of piperidine rings is 1. The van der Waals surface area contributed by atoms with Crippen molar-refractivity contribution < 1.29 is 9.31 Å². The first-order chi connectivity index (χ1) is 14.0. The van der Waals surface area contributed by atoms with E-state index >= 15 is 0 Å². The molecule has 1 aliphatic heterocycles. The van der Waals surface area contributed by atoms with Gasteiger partial charge in [-0.2, -0.15) is 0 Å². The average molecular weight is 396 g/mol. The second-order valence-corrected chi connectivity index (χ2v) is 7.14. The van der Waals surface area contributed by atoms with Crippen LogP contribution in [0.3, 0.4) is 0 Å². The molecule has 0 spiro atoms. The van der Waals surface area contributed by atoms with Gasteiger partial charge < -0.3 is 16.0 Å². The van der Waals surface area contributed by atoms with Crippen LogP contribution in [0.15, 0.2) is 42.7 Å². The predicted molar refractivity (Wildman–Crippen MR) is 109 cm³/mol. The first-order valence-corrected chi connectivity index (χ1v) is 9.43. The highest BCUT2D eigenvalue weighted by Crippen LogP contribution is 2.35. The Balaban J connectivity index is 1.67. The number of nitro groups is 1. The number of fused-ring (bicyclic) bond motifs is 1. The molecule has 150 valence electrons. The lowest BCUT2D eigenvalue weighted by molar-refractivity contribution is -0.384. The lowest BCUT2D eigenvalue weighted by Crippen LogP contribution is -2.39. The highest BCUT2D eigenvalue weighted by atomic mass is 19.1. The molecular weight excluding hydrogens is 375 g/mol. The van der Waals surface area contributed by atoms with Gasteiger partial charge in [-0.15, -0.1) is 0 Å². The fourth-order valence-corrected chi connectivity index (χ4v) is 3.55. The zero-order valence-electron chi connectivity index (χ0n) is 15.7. The van der Waals surface area contributed by atoms with E-state index in [9.17, 15) is 14.5 Å². The SMILES string of the molecule is NC1CCN(c2cc3ncnc(NCc4ccc(F)cc4)c3cc2[N+](=O)[O-])CC1. The molecule has 2 aromatic carbocycles. The quantitative estimate of drug-likeness (QED) is 0.503. The molecule has 0 saturated carbocycles. The summed E-state index contributed by atoms with van der Waals surface area (Å²) < 4.78 is 13.1. The number of nitrogens with one attached hydrogen (secondary N) is 1. The van der Waals surface area contributed by atoms with Crippen molar-refractivity contribution in [2.24, 2.45) is 5.73 Å². The molecular formula is C20H21FN6O2. The highest BCUT2D eigenvalue weighted by molar-refractivity contribution is 5.94. The van der Waals surface area contributed by atoms with Gasteiger partial charge in [0.15, 0.2) is 0 Å². The Bertz CT molecular complexity index is 1040. The maximum Gasteiger partial charge on any atom is 0.293 e. The molecule has 0 atom stereocenters. The van der Waals surface area contributed by atoms with Gasteiger partial charge in [-0.25, -0.2) is 14.4 Å². The standard InChI is InChI=1S/C20H21FN6O2/c21-14-3-1-13(2-4-14)11-23-20-16-9-19(27(28)29)18(10-17(16)24-12-25-20)26-7-5-15(22)6-8-26/h1-4,9-10,12,15H,5-8,11,22H2,(H,23,24,25). The molecule has 3 N–H and O–H groups in total. The second-order valence-electron chi connectivity index (χ2n) is 7.14. The summed E-state index contributed by atoms with van der Waals surface area (Å²) in [7, 11) is 0. The number of nitrogens with zero attached hydrogens (tertiary/aromatic N) is 4. The van der Waals surface area contributed by atoms with Gasteiger partial charge in [0, 0.05) is 37.1 Å². The number of hydrogen-bond acceptors (Lipinski definition) is 7. The Morgan fingerprint density at radius 3 is 2.62 bits per heavy atom. The molecule has 3 aromatic rings. The number of nitro benzene ring substituents is 1. The van der Waals surface area contributed by atoms with Gasteiger partial charge in [0.1, 0.15) is 23.6 Å². The van der Waals surface area contributed by atoms with E-state index in [0.29, 0.717) is 42.0 Å². The van der Waals surface area contributed by atoms with Crippen molar-refractivity contribution in [3.8, 4) is 0 Å². The largest absolute Gasteiger partial charge is 0.366 e. The Hall–Kier alpha value is -3.33. The molecule has 2 heterocycles. The van der Waals surface area contributed by atoms with Crippen LogP contribution in [-0.4, -0.2) is 34.0 Å². The molecule has 0 unspecified atom stereocenters. The van der Waals surface area contributed by atoms with E-state index in [-0.39, 0.29) is 22.5 Å². The van der Waals surface area contributed by atoms with E-state index in [0.717, 1.165) is 18.4 Å². The molecule has 9 heteroatoms. The van der Waals surface area contributed by atoms with Crippen molar-refractivity contribution in [3.63, 3.8) is 0 Å². The van der Waals surface area contributed by atoms with Crippen LogP contribution < -0.4 is 16.0 Å². The zero-order chi connectivity index (χ0) is 20.4. The normalized spacial score (nSPS) is 14.9. The molecule has 0 bridgehead atoms. The van der Waals surface area contributed by atoms with Crippen LogP contribution in [0.25, 0.3) is 10.9 Å². The van der Waals surface area contributed by atoms with Gasteiger partial charge in [-0.3, -0.25) is 10.1 Å². The number of rotatable bonds is 5. The van der Waals surface area contributed by atoms with Gasteiger partial charge in [0.2, 0.25) is 0 Å². The van der Waals surface area contributed by atoms with Crippen LogP contribution in [0.4, 0.5) is 21.6 Å². The van der Waals surface area contributed by atoms with Crippen molar-refractivity contribution in [2.75, 3.05) is 23.3 Å². The van der Waals surface area contributed by atoms with E-state index in [1.165, 1.54) is 24.5 Å². The number of nitrogens with two attached hydrogens (primary N) is 1. The summed E-state index contributed by atoms with van der Waals surface area (Å²) in [5, 5.41) is 15.5. The van der Waals surface area contributed by atoms with Crippen LogP contribution in [0.5, 0.6) is 0 Å². The Morgan fingerprint density at radius 2 is 1.93 bits per heavy atom. The maximum absolute atomic E-state index is 13.1. The van der Waals surface area contributed by atoms with E-state index in [4.69, 9.17) is 5.73 Å². The Kier molecular flexibility index (Phi) is 5.22. The number of anilines is 2. The first kappa shape index (κ1) is 19.0. The Morgan fingerprint density at radius 1 is 1.21 bits per heavy atom. The fourth-order valence-electron chi connectivity index (χ4n) is 3.55. The van der Waals surface area contributed by atoms with E-state index < -0.39 is 0 Å². The van der Waals surface area contributed by atoms with Crippen molar-refractivity contribution >= 4 is 28.1 Å². The molecule has 4 rings (SSSR count). The van der Waals surface area contributed by atoms with Crippen LogP contribution in [0.2, 0.25) is 0 Å². The summed E-state index contributed by atoms with van der Waals surface area (Å²) in [5.41, 5.74) is 8.03. The van der Waals surface area contributed by atoms with Crippen molar-refractivity contribution in [2.45, 2.75) is 25.4 Å². The number of benzene rings is 2. The maximum atomic E-state index is 13.1. The Labute approximate surface area is 166 Å². The van der Waals surface area contributed by atoms with Crippen LogP contribution >= 0.6 is 0 Å². The number of halogens is 1. The second kappa shape index (κ2) is 7.96. The molecule has 1 saturated heterocycles. The van der Waals surface area contributed by atoms with Gasteiger partial charge in [-0.1, -0.05) is 12.1 Å². The average Bonchev–Trinajstić information content (AvgIpc) is 2.73. The number of hydrogen-bond donors (Lipinski definition) is 2. The van der Waals surface area contributed by atoms with Gasteiger partial charge in [0.05, 0.1) is 10.4 Å². The summed E-state index contributed by atoms with van der Waals surface area (Å²) in [6, 6.07) is 9.52. The summed E-state index contributed by atoms with van der Waals surface area (Å²) in [6.45, 7) is 1.76. The summed E-state index contributed by atoms with van der Waals surface area (Å²) in [6.07, 6.45) is 3.02. The molecule has 1 aliphatic rings. The molecule has 0 aliphatic carbocycles. The molecule has 1 aromatic heterocycles. The monoisotopic (exact) mass is 396 g/mol. The molecule has 8 nitrogen and oxygen atoms in total. The molecule has 0 radical (unpaired) electrons. The van der Waals surface area contributed by atoms with E-state index in [1.54, 1.807) is 18.2 Å². The third-order valence-corrected chi connectivity index (χ3v) is 5.18. The van der Waals surface area contributed by atoms with Gasteiger partial charge in [0.25, 0.3) is 5.69 Å². The predicted octanol–water partition coefficient (Wildman–Crippen LogP) is 3.22.